The average Bonchev–Trinajstić information content (AvgIpc) is 2.86. The van der Waals surface area contributed by atoms with E-state index >= 15 is 0 Å². The molecule has 2 N–H and O–H groups in total. The number of aliphatic carboxylic acids is 2. The normalized spacial score (nSPS) is 14.0. The second kappa shape index (κ2) is 15.4. The van der Waals surface area contributed by atoms with Crippen LogP contribution in [0.1, 0.15) is 57.1 Å². The lowest BCUT2D eigenvalue weighted by Crippen LogP contribution is -2.15. The van der Waals surface area contributed by atoms with Crippen molar-refractivity contribution in [3.63, 3.8) is 0 Å². The van der Waals surface area contributed by atoms with Crippen molar-refractivity contribution < 1.29 is 29.3 Å². The highest BCUT2D eigenvalue weighted by Gasteiger charge is 2.13. The predicted octanol–water partition coefficient (Wildman–Crippen LogP) is 6.56. The number of carbonyl (C=O) groups is 2. The fourth-order valence-electron chi connectivity index (χ4n) is 3.52. The number of ether oxygens (including phenoxy) is 2. The Bertz CT molecular complexity index is 952. The topological polar surface area (TPSA) is 93.1 Å². The highest BCUT2D eigenvalue weighted by Crippen LogP contribution is 2.24. The van der Waals surface area contributed by atoms with Crippen molar-refractivity contribution in [1.29, 1.82) is 0 Å². The molecule has 3 rings (SSSR count). The zero-order chi connectivity index (χ0) is 25.5. The molecule has 188 valence electrons. The van der Waals surface area contributed by atoms with E-state index in [4.69, 9.17) is 19.7 Å². The minimum atomic E-state index is -0.944. The molecule has 0 saturated heterocycles. The van der Waals surface area contributed by atoms with Gasteiger partial charge in [-0.3, -0.25) is 0 Å². The van der Waals surface area contributed by atoms with E-state index in [1.807, 2.05) is 48.5 Å². The summed E-state index contributed by atoms with van der Waals surface area (Å²) in [5, 5.41) is 17.0. The number of rotatable bonds is 10. The molecule has 1 aliphatic rings. The lowest BCUT2D eigenvalue weighted by molar-refractivity contribution is -0.132. The Morgan fingerprint density at radius 1 is 0.800 bits per heavy atom. The van der Waals surface area contributed by atoms with Gasteiger partial charge in [-0.25, -0.2) is 9.59 Å². The van der Waals surface area contributed by atoms with E-state index in [1.165, 1.54) is 32.1 Å². The van der Waals surface area contributed by atoms with Crippen molar-refractivity contribution in [3.05, 3.63) is 71.8 Å². The first-order chi connectivity index (χ1) is 16.8. The number of hydrogen-bond acceptors (Lipinski definition) is 4. The van der Waals surface area contributed by atoms with Crippen LogP contribution in [-0.4, -0.2) is 35.4 Å². The summed E-state index contributed by atoms with van der Waals surface area (Å²) in [4.78, 5) is 20.7. The Balaban J connectivity index is 0.000000251. The van der Waals surface area contributed by atoms with Crippen LogP contribution in [0.15, 0.2) is 60.7 Å². The quantitative estimate of drug-likeness (QED) is 0.374. The molecule has 0 unspecified atom stereocenters. The van der Waals surface area contributed by atoms with Crippen molar-refractivity contribution in [3.8, 4) is 11.5 Å². The summed E-state index contributed by atoms with van der Waals surface area (Å²) in [6, 6.07) is 14.9. The molecule has 35 heavy (non-hydrogen) atoms. The summed E-state index contributed by atoms with van der Waals surface area (Å²) in [5.74, 6) is 0.976. The largest absolute Gasteiger partial charge is 0.493 e. The van der Waals surface area contributed by atoms with Crippen molar-refractivity contribution in [2.24, 2.45) is 11.8 Å². The monoisotopic (exact) mass is 480 g/mol. The number of carboxylic acids is 2. The standard InChI is InChI=1S/C16H20O3.C13H16O3/c17-16(18)11-8-13-6-9-15(10-7-13)19-12-14-4-2-1-3-5-14;1-10(2)9-16-12-6-3-11(4-7-12)5-8-13(14)15/h6-11,14H,1-5,12H2,(H,17,18);3-8,10H,9H2,1-2H3,(H,14,15). The average molecular weight is 481 g/mol. The van der Waals surface area contributed by atoms with Gasteiger partial charge in [-0.05, 0) is 72.2 Å². The molecule has 1 saturated carbocycles. The molecule has 2 aromatic rings. The minimum absolute atomic E-state index is 0.492. The fraction of sp³-hybridized carbons (Fsp3) is 0.379. The highest BCUT2D eigenvalue weighted by molar-refractivity contribution is 5.85. The first-order valence-electron chi connectivity index (χ1n) is 12.1. The van der Waals surface area contributed by atoms with E-state index in [1.54, 1.807) is 12.2 Å². The van der Waals surface area contributed by atoms with Gasteiger partial charge < -0.3 is 19.7 Å². The van der Waals surface area contributed by atoms with Gasteiger partial charge in [0.05, 0.1) is 13.2 Å². The molecule has 0 aliphatic heterocycles. The molecule has 1 aliphatic carbocycles. The molecule has 6 heteroatoms. The summed E-state index contributed by atoms with van der Waals surface area (Å²) in [6.45, 7) is 5.66. The molecule has 2 aromatic carbocycles. The van der Waals surface area contributed by atoms with Gasteiger partial charge in [0.1, 0.15) is 11.5 Å². The molecule has 6 nitrogen and oxygen atoms in total. The van der Waals surface area contributed by atoms with E-state index in [0.717, 1.165) is 41.4 Å². The van der Waals surface area contributed by atoms with Gasteiger partial charge >= 0.3 is 11.9 Å². The van der Waals surface area contributed by atoms with Gasteiger partial charge in [0.25, 0.3) is 0 Å². The third kappa shape index (κ3) is 12.5. The van der Waals surface area contributed by atoms with Crippen molar-refractivity contribution in [2.45, 2.75) is 46.0 Å². The molecular formula is C29H36O6. The second-order valence-electron chi connectivity index (χ2n) is 9.00. The molecule has 0 radical (unpaired) electrons. The first-order valence-corrected chi connectivity index (χ1v) is 12.1. The molecule has 1 fully saturated rings. The van der Waals surface area contributed by atoms with E-state index < -0.39 is 11.9 Å². The van der Waals surface area contributed by atoms with Crippen LogP contribution < -0.4 is 9.47 Å². The Labute approximate surface area is 207 Å². The van der Waals surface area contributed by atoms with Crippen molar-refractivity contribution in [1.82, 2.24) is 0 Å². The van der Waals surface area contributed by atoms with Crippen LogP contribution in [-0.2, 0) is 9.59 Å². The second-order valence-corrected chi connectivity index (χ2v) is 9.00. The third-order valence-electron chi connectivity index (χ3n) is 5.39. The van der Waals surface area contributed by atoms with E-state index in [0.29, 0.717) is 18.4 Å². The SMILES string of the molecule is CC(C)COc1ccc(C=CC(=O)O)cc1.O=C(O)C=Cc1ccc(OCC2CCCCC2)cc1. The molecule has 0 amide bonds. The van der Waals surface area contributed by atoms with Crippen LogP contribution >= 0.6 is 0 Å². The maximum absolute atomic E-state index is 10.4. The summed E-state index contributed by atoms with van der Waals surface area (Å²) < 4.78 is 11.3. The lowest BCUT2D eigenvalue weighted by Gasteiger charge is -2.21. The summed E-state index contributed by atoms with van der Waals surface area (Å²) in [5.41, 5.74) is 1.71. The van der Waals surface area contributed by atoms with Gasteiger partial charge in [-0.1, -0.05) is 57.4 Å². The summed E-state index contributed by atoms with van der Waals surface area (Å²) in [7, 11) is 0. The van der Waals surface area contributed by atoms with Gasteiger partial charge in [0.2, 0.25) is 0 Å². The lowest BCUT2D eigenvalue weighted by atomic mass is 9.90. The van der Waals surface area contributed by atoms with Crippen molar-refractivity contribution in [2.75, 3.05) is 13.2 Å². The smallest absolute Gasteiger partial charge is 0.328 e. The van der Waals surface area contributed by atoms with Crippen LogP contribution in [0.3, 0.4) is 0 Å². The van der Waals surface area contributed by atoms with Gasteiger partial charge in [0, 0.05) is 12.2 Å². The third-order valence-corrected chi connectivity index (χ3v) is 5.39. The molecule has 0 heterocycles. The molecular weight excluding hydrogens is 444 g/mol. The zero-order valence-corrected chi connectivity index (χ0v) is 20.6. The fourth-order valence-corrected chi connectivity index (χ4v) is 3.52. The molecule has 0 aromatic heterocycles. The number of carboxylic acid groups (broad SMARTS) is 2. The first kappa shape index (κ1) is 27.7. The zero-order valence-electron chi connectivity index (χ0n) is 20.6. The molecule has 0 spiro atoms. The summed E-state index contributed by atoms with van der Waals surface area (Å²) >= 11 is 0. The highest BCUT2D eigenvalue weighted by atomic mass is 16.5. The maximum Gasteiger partial charge on any atom is 0.328 e. The van der Waals surface area contributed by atoms with Crippen LogP contribution in [0, 0.1) is 11.8 Å². The summed E-state index contributed by atoms with van der Waals surface area (Å²) in [6.07, 6.45) is 11.9. The number of benzene rings is 2. The van der Waals surface area contributed by atoms with Crippen LogP contribution in [0.4, 0.5) is 0 Å². The van der Waals surface area contributed by atoms with E-state index in [-0.39, 0.29) is 0 Å². The maximum atomic E-state index is 10.4. The Hall–Kier alpha value is -3.54. The Kier molecular flexibility index (Phi) is 12.2. The Morgan fingerprint density at radius 2 is 1.26 bits per heavy atom. The van der Waals surface area contributed by atoms with Gasteiger partial charge in [-0.15, -0.1) is 0 Å². The van der Waals surface area contributed by atoms with Gasteiger partial charge in [-0.2, -0.15) is 0 Å². The Morgan fingerprint density at radius 3 is 1.69 bits per heavy atom. The van der Waals surface area contributed by atoms with Crippen molar-refractivity contribution >= 4 is 24.1 Å². The number of hydrogen-bond donors (Lipinski definition) is 2. The van der Waals surface area contributed by atoms with Gasteiger partial charge in [0.15, 0.2) is 0 Å². The van der Waals surface area contributed by atoms with Crippen LogP contribution in [0.2, 0.25) is 0 Å². The van der Waals surface area contributed by atoms with Crippen LogP contribution in [0.5, 0.6) is 11.5 Å². The molecule has 0 bridgehead atoms. The van der Waals surface area contributed by atoms with E-state index in [9.17, 15) is 9.59 Å². The minimum Gasteiger partial charge on any atom is -0.493 e. The van der Waals surface area contributed by atoms with E-state index in [2.05, 4.69) is 13.8 Å². The predicted molar refractivity (Wildman–Crippen MR) is 139 cm³/mol. The molecule has 0 atom stereocenters. The van der Waals surface area contributed by atoms with Crippen LogP contribution in [0.25, 0.3) is 12.2 Å².